The number of aliphatic carboxylic acids is 1. The third-order valence-corrected chi connectivity index (χ3v) is 5.68. The molecule has 1 fully saturated rings. The summed E-state index contributed by atoms with van der Waals surface area (Å²) in [6.45, 7) is 3.98. The molecule has 3 aromatic rings. The lowest BCUT2D eigenvalue weighted by molar-refractivity contribution is -0.137. The largest absolute Gasteiger partial charge is 0.481 e. The van der Waals surface area contributed by atoms with Gasteiger partial charge in [-0.2, -0.15) is 0 Å². The van der Waals surface area contributed by atoms with Crippen LogP contribution in [0.1, 0.15) is 35.9 Å². The molecule has 0 bridgehead atoms. The number of hydrogen-bond donors (Lipinski definition) is 1. The van der Waals surface area contributed by atoms with Crippen molar-refractivity contribution < 1.29 is 28.6 Å². The highest BCUT2D eigenvalue weighted by Crippen LogP contribution is 2.38. The number of furan rings is 1. The molecule has 0 unspecified atom stereocenters. The number of rotatable bonds is 7. The van der Waals surface area contributed by atoms with Gasteiger partial charge < -0.3 is 19.2 Å². The Balaban J connectivity index is 1.79. The van der Waals surface area contributed by atoms with Crippen LogP contribution in [0.2, 0.25) is 0 Å². The van der Waals surface area contributed by atoms with Gasteiger partial charge in [-0.3, -0.25) is 14.4 Å². The lowest BCUT2D eigenvalue weighted by Gasteiger charge is -2.25. The molecule has 1 amide bonds. The van der Waals surface area contributed by atoms with Crippen molar-refractivity contribution in [2.75, 3.05) is 26.3 Å². The summed E-state index contributed by atoms with van der Waals surface area (Å²) in [7, 11) is 0. The van der Waals surface area contributed by atoms with Crippen molar-refractivity contribution in [3.05, 3.63) is 65.9 Å². The summed E-state index contributed by atoms with van der Waals surface area (Å²) in [5, 5.41) is 9.75. The van der Waals surface area contributed by atoms with E-state index in [0.717, 1.165) is 16.5 Å². The van der Waals surface area contributed by atoms with Gasteiger partial charge in [0, 0.05) is 42.1 Å². The molecule has 0 spiro atoms. The van der Waals surface area contributed by atoms with E-state index in [4.69, 9.17) is 14.3 Å². The quantitative estimate of drug-likeness (QED) is 0.426. The van der Waals surface area contributed by atoms with E-state index in [-0.39, 0.29) is 30.3 Å². The number of benzene rings is 2. The number of para-hydroxylation sites is 1. The maximum atomic E-state index is 12.9. The normalized spacial score (nSPS) is 14.5. The molecule has 0 saturated carbocycles. The van der Waals surface area contributed by atoms with E-state index < -0.39 is 5.97 Å². The lowest BCUT2D eigenvalue weighted by Crippen LogP contribution is -2.39. The zero-order valence-corrected chi connectivity index (χ0v) is 18.4. The predicted molar refractivity (Wildman–Crippen MR) is 124 cm³/mol. The number of morpholine rings is 1. The Bertz CT molecular complexity index is 1220. The summed E-state index contributed by atoms with van der Waals surface area (Å²) >= 11 is 0. The van der Waals surface area contributed by atoms with Crippen LogP contribution < -0.4 is 0 Å². The zero-order valence-electron chi connectivity index (χ0n) is 18.4. The van der Waals surface area contributed by atoms with Gasteiger partial charge in [0.05, 0.1) is 19.6 Å². The van der Waals surface area contributed by atoms with Gasteiger partial charge >= 0.3 is 5.97 Å². The standard InChI is InChI=1S/C26H25NO6/c1-17(16-22(29)27-12-14-32-15-13-27)19-8-5-9-20-24(18-6-3-2-4-7-18)26(33-25(19)20)21(28)10-11-23(30)31/h2-9,16H,10-15H2,1H3,(H,30,31)/b17-16+. The molecule has 7 nitrogen and oxygen atoms in total. The summed E-state index contributed by atoms with van der Waals surface area (Å²) in [5.74, 6) is -1.37. The van der Waals surface area contributed by atoms with Crippen LogP contribution in [0.3, 0.4) is 0 Å². The average molecular weight is 447 g/mol. The van der Waals surface area contributed by atoms with E-state index >= 15 is 0 Å². The molecule has 0 aliphatic carbocycles. The number of amides is 1. The van der Waals surface area contributed by atoms with Crippen LogP contribution in [0.4, 0.5) is 0 Å². The molecule has 2 heterocycles. The number of ketones is 1. The van der Waals surface area contributed by atoms with Crippen molar-refractivity contribution in [1.82, 2.24) is 4.90 Å². The molecular formula is C26H25NO6. The van der Waals surface area contributed by atoms with Gasteiger partial charge in [-0.15, -0.1) is 0 Å². The van der Waals surface area contributed by atoms with Gasteiger partial charge in [0.1, 0.15) is 5.58 Å². The Morgan fingerprint density at radius 3 is 2.42 bits per heavy atom. The molecule has 0 atom stereocenters. The van der Waals surface area contributed by atoms with Gasteiger partial charge in [-0.05, 0) is 18.1 Å². The van der Waals surface area contributed by atoms with Gasteiger partial charge in [0.25, 0.3) is 0 Å². The van der Waals surface area contributed by atoms with Crippen molar-refractivity contribution >= 4 is 34.2 Å². The third-order valence-electron chi connectivity index (χ3n) is 5.68. The highest BCUT2D eigenvalue weighted by atomic mass is 16.5. The summed E-state index contributed by atoms with van der Waals surface area (Å²) in [4.78, 5) is 38.4. The van der Waals surface area contributed by atoms with Crippen LogP contribution in [0, 0.1) is 0 Å². The second kappa shape index (κ2) is 9.83. The summed E-state index contributed by atoms with van der Waals surface area (Å²) in [6.07, 6.45) is 1.15. The fourth-order valence-electron chi connectivity index (χ4n) is 3.99. The van der Waals surface area contributed by atoms with E-state index in [1.54, 1.807) is 11.0 Å². The first-order valence-electron chi connectivity index (χ1n) is 10.9. The number of carboxylic acids is 1. The minimum Gasteiger partial charge on any atom is -0.481 e. The lowest BCUT2D eigenvalue weighted by atomic mass is 9.97. The Morgan fingerprint density at radius 1 is 1.00 bits per heavy atom. The first kappa shape index (κ1) is 22.5. The van der Waals surface area contributed by atoms with Crippen LogP contribution in [0.25, 0.3) is 27.7 Å². The average Bonchev–Trinajstić information content (AvgIpc) is 3.23. The molecule has 33 heavy (non-hydrogen) atoms. The molecule has 170 valence electrons. The van der Waals surface area contributed by atoms with Crippen LogP contribution >= 0.6 is 0 Å². The molecular weight excluding hydrogens is 422 g/mol. The Morgan fingerprint density at radius 2 is 1.73 bits per heavy atom. The van der Waals surface area contributed by atoms with E-state index in [1.807, 2.05) is 55.5 Å². The van der Waals surface area contributed by atoms with Crippen molar-refractivity contribution in [3.8, 4) is 11.1 Å². The Labute approximate surface area is 191 Å². The Hall–Kier alpha value is -3.71. The predicted octanol–water partition coefficient (Wildman–Crippen LogP) is 4.41. The molecule has 7 heteroatoms. The number of Topliss-reactive ketones (excluding diaryl/α,β-unsaturated/α-hetero) is 1. The second-order valence-electron chi connectivity index (χ2n) is 7.94. The molecule has 1 aliphatic heterocycles. The summed E-state index contributed by atoms with van der Waals surface area (Å²) in [6, 6.07) is 15.0. The first-order chi connectivity index (χ1) is 16.0. The van der Waals surface area contributed by atoms with Gasteiger partial charge in [0.2, 0.25) is 5.91 Å². The third kappa shape index (κ3) is 4.88. The minimum absolute atomic E-state index is 0.0969. The molecule has 1 aromatic heterocycles. The second-order valence-corrected chi connectivity index (χ2v) is 7.94. The van der Waals surface area contributed by atoms with E-state index in [9.17, 15) is 14.4 Å². The monoisotopic (exact) mass is 447 g/mol. The number of allylic oxidation sites excluding steroid dienone is 1. The number of nitrogens with zero attached hydrogens (tertiary/aromatic N) is 1. The smallest absolute Gasteiger partial charge is 0.303 e. The number of fused-ring (bicyclic) bond motifs is 1. The fraction of sp³-hybridized carbons (Fsp3) is 0.269. The molecule has 1 saturated heterocycles. The van der Waals surface area contributed by atoms with Crippen molar-refractivity contribution in [2.24, 2.45) is 0 Å². The first-order valence-corrected chi connectivity index (χ1v) is 10.9. The van der Waals surface area contributed by atoms with Crippen molar-refractivity contribution in [2.45, 2.75) is 19.8 Å². The topological polar surface area (TPSA) is 97.0 Å². The number of carbonyl (C=O) groups excluding carboxylic acids is 2. The van der Waals surface area contributed by atoms with E-state index in [0.29, 0.717) is 43.0 Å². The maximum Gasteiger partial charge on any atom is 0.303 e. The zero-order chi connectivity index (χ0) is 23.4. The van der Waals surface area contributed by atoms with E-state index in [2.05, 4.69) is 0 Å². The fourth-order valence-corrected chi connectivity index (χ4v) is 3.99. The van der Waals surface area contributed by atoms with Gasteiger partial charge in [0.15, 0.2) is 11.5 Å². The highest BCUT2D eigenvalue weighted by molar-refractivity contribution is 6.11. The summed E-state index contributed by atoms with van der Waals surface area (Å²) in [5.41, 5.74) is 3.37. The van der Waals surface area contributed by atoms with Gasteiger partial charge in [-0.25, -0.2) is 0 Å². The molecule has 1 N–H and O–H groups in total. The Kier molecular flexibility index (Phi) is 6.70. The molecule has 0 radical (unpaired) electrons. The number of ether oxygens (including phenoxy) is 1. The maximum absolute atomic E-state index is 12.9. The molecule has 4 rings (SSSR count). The number of hydrogen-bond acceptors (Lipinski definition) is 5. The molecule has 2 aromatic carbocycles. The highest BCUT2D eigenvalue weighted by Gasteiger charge is 2.24. The minimum atomic E-state index is -1.04. The van der Waals surface area contributed by atoms with Crippen molar-refractivity contribution in [3.63, 3.8) is 0 Å². The number of carbonyl (C=O) groups is 3. The van der Waals surface area contributed by atoms with Crippen LogP contribution in [0.5, 0.6) is 0 Å². The number of carboxylic acid groups (broad SMARTS) is 1. The van der Waals surface area contributed by atoms with Crippen LogP contribution in [-0.4, -0.2) is 54.0 Å². The van der Waals surface area contributed by atoms with E-state index in [1.165, 1.54) is 0 Å². The summed E-state index contributed by atoms with van der Waals surface area (Å²) < 4.78 is 11.4. The SMILES string of the molecule is C/C(=C\C(=O)N1CCOCC1)c1cccc2c(-c3ccccc3)c(C(=O)CCC(=O)O)oc12. The molecule has 1 aliphatic rings. The van der Waals surface area contributed by atoms with Crippen molar-refractivity contribution in [1.29, 1.82) is 0 Å². The van der Waals surface area contributed by atoms with Crippen LogP contribution in [0.15, 0.2) is 59.0 Å². The van der Waals surface area contributed by atoms with Crippen LogP contribution in [-0.2, 0) is 14.3 Å². The van der Waals surface area contributed by atoms with Gasteiger partial charge in [-0.1, -0.05) is 48.5 Å².